The standard InChI is InChI=1S/C29H32FN5O3/c1-3-23(36)14-20-8-11-22(13-20)32-28(37)26-24-17-34(29(38)25-5-4-12-31-25)15-18(2)27(24)35(33-26)16-19-6-9-21(30)10-7-19/h3-7,9-10,12,18,20,22,31H,1,8,11,13-17H2,2H3,(H,32,37). The SMILES string of the molecule is C=CC(=O)CC1CCC(NC(=O)c2nn(Cc3ccc(F)cc3)c3c2CN(C(=O)c2ccc[nH]2)CC3C)C1. The summed E-state index contributed by atoms with van der Waals surface area (Å²) in [7, 11) is 0. The Morgan fingerprint density at radius 3 is 2.71 bits per heavy atom. The van der Waals surface area contributed by atoms with Gasteiger partial charge in [0.1, 0.15) is 11.5 Å². The molecule has 0 bridgehead atoms. The molecule has 9 heteroatoms. The number of ketones is 1. The van der Waals surface area contributed by atoms with Gasteiger partial charge in [0.15, 0.2) is 11.5 Å². The number of carbonyl (C=O) groups excluding carboxylic acids is 3. The van der Waals surface area contributed by atoms with E-state index in [0.29, 0.717) is 30.9 Å². The fraction of sp³-hybridized carbons (Fsp3) is 0.379. The summed E-state index contributed by atoms with van der Waals surface area (Å²) in [5.41, 5.74) is 3.32. The van der Waals surface area contributed by atoms with Crippen molar-refractivity contribution in [2.24, 2.45) is 5.92 Å². The molecule has 198 valence electrons. The summed E-state index contributed by atoms with van der Waals surface area (Å²) >= 11 is 0. The molecular weight excluding hydrogens is 485 g/mol. The smallest absolute Gasteiger partial charge is 0.272 e. The van der Waals surface area contributed by atoms with Gasteiger partial charge in [-0.15, -0.1) is 0 Å². The van der Waals surface area contributed by atoms with E-state index in [2.05, 4.69) is 16.9 Å². The molecule has 0 radical (unpaired) electrons. The van der Waals surface area contributed by atoms with Gasteiger partial charge in [0.05, 0.1) is 13.1 Å². The van der Waals surface area contributed by atoms with E-state index in [1.165, 1.54) is 18.2 Å². The maximum Gasteiger partial charge on any atom is 0.272 e. The number of hydrogen-bond acceptors (Lipinski definition) is 4. The molecule has 3 aromatic rings. The third-order valence-corrected chi connectivity index (χ3v) is 7.57. The fourth-order valence-corrected chi connectivity index (χ4v) is 5.76. The predicted molar refractivity (Wildman–Crippen MR) is 140 cm³/mol. The van der Waals surface area contributed by atoms with Crippen LogP contribution >= 0.6 is 0 Å². The molecule has 1 fully saturated rings. The Morgan fingerprint density at radius 2 is 2.00 bits per heavy atom. The number of rotatable bonds is 8. The van der Waals surface area contributed by atoms with Crippen LogP contribution in [0.15, 0.2) is 55.3 Å². The van der Waals surface area contributed by atoms with Crippen LogP contribution in [0.4, 0.5) is 4.39 Å². The van der Waals surface area contributed by atoms with E-state index < -0.39 is 0 Å². The van der Waals surface area contributed by atoms with E-state index >= 15 is 0 Å². The van der Waals surface area contributed by atoms with E-state index in [4.69, 9.17) is 5.10 Å². The average molecular weight is 518 g/mol. The Morgan fingerprint density at radius 1 is 1.21 bits per heavy atom. The summed E-state index contributed by atoms with van der Waals surface area (Å²) in [6, 6.07) is 9.72. The number of hydrogen-bond donors (Lipinski definition) is 2. The number of aromatic amines is 1. The van der Waals surface area contributed by atoms with Crippen LogP contribution in [0, 0.1) is 11.7 Å². The van der Waals surface area contributed by atoms with Gasteiger partial charge in [0.25, 0.3) is 11.8 Å². The number of aromatic nitrogens is 3. The first-order chi connectivity index (χ1) is 18.3. The van der Waals surface area contributed by atoms with Crippen LogP contribution in [-0.4, -0.2) is 49.8 Å². The maximum atomic E-state index is 13.6. The van der Waals surface area contributed by atoms with E-state index in [1.807, 2.05) is 11.6 Å². The molecule has 2 aromatic heterocycles. The lowest BCUT2D eigenvalue weighted by molar-refractivity contribution is -0.115. The molecule has 1 saturated carbocycles. The fourth-order valence-electron chi connectivity index (χ4n) is 5.76. The van der Waals surface area contributed by atoms with Crippen LogP contribution in [0.1, 0.15) is 76.3 Å². The summed E-state index contributed by atoms with van der Waals surface area (Å²) in [4.78, 5) is 43.2. The van der Waals surface area contributed by atoms with Crippen molar-refractivity contribution < 1.29 is 18.8 Å². The Hall–Kier alpha value is -4.01. The highest BCUT2D eigenvalue weighted by atomic mass is 19.1. The second-order valence-corrected chi connectivity index (χ2v) is 10.4. The number of amides is 2. The van der Waals surface area contributed by atoms with Gasteiger partial charge in [-0.1, -0.05) is 25.6 Å². The summed E-state index contributed by atoms with van der Waals surface area (Å²) in [5, 5.41) is 7.86. The molecule has 1 aliphatic heterocycles. The number of H-pyrrole nitrogens is 1. The van der Waals surface area contributed by atoms with Crippen molar-refractivity contribution in [2.45, 2.75) is 57.7 Å². The topological polar surface area (TPSA) is 100 Å². The number of halogens is 1. The third-order valence-electron chi connectivity index (χ3n) is 7.57. The van der Waals surface area contributed by atoms with E-state index in [0.717, 1.165) is 36.1 Å². The number of carbonyl (C=O) groups is 3. The molecule has 2 aliphatic rings. The van der Waals surface area contributed by atoms with Crippen molar-refractivity contribution in [1.29, 1.82) is 0 Å². The first-order valence-electron chi connectivity index (χ1n) is 13.0. The Kier molecular flexibility index (Phi) is 7.26. The van der Waals surface area contributed by atoms with Crippen LogP contribution < -0.4 is 5.32 Å². The van der Waals surface area contributed by atoms with Crippen molar-refractivity contribution in [2.75, 3.05) is 6.54 Å². The molecular formula is C29H32FN5O3. The lowest BCUT2D eigenvalue weighted by Gasteiger charge is -2.32. The second-order valence-electron chi connectivity index (χ2n) is 10.4. The lowest BCUT2D eigenvalue weighted by Crippen LogP contribution is -2.39. The summed E-state index contributed by atoms with van der Waals surface area (Å²) in [6.07, 6.45) is 5.92. The van der Waals surface area contributed by atoms with Crippen molar-refractivity contribution in [3.05, 3.63) is 89.3 Å². The zero-order chi connectivity index (χ0) is 26.8. The number of fused-ring (bicyclic) bond motifs is 1. The van der Waals surface area contributed by atoms with Crippen LogP contribution in [0.5, 0.6) is 0 Å². The highest BCUT2D eigenvalue weighted by molar-refractivity contribution is 5.96. The van der Waals surface area contributed by atoms with Crippen molar-refractivity contribution in [3.8, 4) is 0 Å². The van der Waals surface area contributed by atoms with Gasteiger partial charge in [0, 0.05) is 42.4 Å². The molecule has 0 saturated heterocycles. The molecule has 3 unspecified atom stereocenters. The largest absolute Gasteiger partial charge is 0.357 e. The minimum absolute atomic E-state index is 0.0244. The molecule has 2 amide bonds. The van der Waals surface area contributed by atoms with Crippen molar-refractivity contribution >= 4 is 17.6 Å². The summed E-state index contributed by atoms with van der Waals surface area (Å²) in [6.45, 7) is 6.72. The molecule has 1 aliphatic carbocycles. The monoisotopic (exact) mass is 517 g/mol. The quantitative estimate of drug-likeness (QED) is 0.438. The number of nitrogens with one attached hydrogen (secondary N) is 2. The second kappa shape index (κ2) is 10.8. The zero-order valence-corrected chi connectivity index (χ0v) is 21.5. The van der Waals surface area contributed by atoms with Gasteiger partial charge in [-0.3, -0.25) is 19.1 Å². The molecule has 5 rings (SSSR count). The van der Waals surface area contributed by atoms with Gasteiger partial charge < -0.3 is 15.2 Å². The van der Waals surface area contributed by atoms with Crippen molar-refractivity contribution in [1.82, 2.24) is 25.0 Å². The predicted octanol–water partition coefficient (Wildman–Crippen LogP) is 4.20. The summed E-state index contributed by atoms with van der Waals surface area (Å²) in [5.74, 6) is -0.529. The van der Waals surface area contributed by atoms with E-state index in [1.54, 1.807) is 35.4 Å². The van der Waals surface area contributed by atoms with E-state index in [9.17, 15) is 18.8 Å². The van der Waals surface area contributed by atoms with E-state index in [-0.39, 0.29) is 47.8 Å². The molecule has 1 aromatic carbocycles. The maximum absolute atomic E-state index is 13.6. The molecule has 3 heterocycles. The average Bonchev–Trinajstić information content (AvgIpc) is 3.66. The van der Waals surface area contributed by atoms with Gasteiger partial charge in [-0.2, -0.15) is 5.10 Å². The van der Waals surface area contributed by atoms with Gasteiger partial charge in [0.2, 0.25) is 0 Å². The van der Waals surface area contributed by atoms with Crippen molar-refractivity contribution in [3.63, 3.8) is 0 Å². The van der Waals surface area contributed by atoms with Crippen LogP contribution in [0.3, 0.4) is 0 Å². The number of benzene rings is 1. The zero-order valence-electron chi connectivity index (χ0n) is 21.5. The summed E-state index contributed by atoms with van der Waals surface area (Å²) < 4.78 is 15.3. The molecule has 2 N–H and O–H groups in total. The first-order valence-corrected chi connectivity index (χ1v) is 13.0. The third kappa shape index (κ3) is 5.32. The highest BCUT2D eigenvalue weighted by Gasteiger charge is 2.36. The first kappa shape index (κ1) is 25.6. The molecule has 3 atom stereocenters. The Bertz CT molecular complexity index is 1350. The lowest BCUT2D eigenvalue weighted by atomic mass is 9.95. The molecule has 8 nitrogen and oxygen atoms in total. The van der Waals surface area contributed by atoms with Gasteiger partial charge in [-0.05, 0) is 61.1 Å². The number of nitrogens with zero attached hydrogens (tertiary/aromatic N) is 3. The highest BCUT2D eigenvalue weighted by Crippen LogP contribution is 2.33. The van der Waals surface area contributed by atoms with Crippen LogP contribution in [-0.2, 0) is 17.9 Å². The minimum atomic E-state index is -0.312. The number of allylic oxidation sites excluding steroid dienone is 1. The molecule has 0 spiro atoms. The minimum Gasteiger partial charge on any atom is -0.357 e. The van der Waals surface area contributed by atoms with Crippen LogP contribution in [0.25, 0.3) is 0 Å². The van der Waals surface area contributed by atoms with Gasteiger partial charge >= 0.3 is 0 Å². The van der Waals surface area contributed by atoms with Crippen LogP contribution in [0.2, 0.25) is 0 Å². The Balaban J connectivity index is 1.41. The van der Waals surface area contributed by atoms with Gasteiger partial charge in [-0.25, -0.2) is 4.39 Å². The Labute approximate surface area is 220 Å². The molecule has 38 heavy (non-hydrogen) atoms. The normalized spacial score (nSPS) is 20.7.